The quantitative estimate of drug-likeness (QED) is 0.713. The molecule has 0 spiro atoms. The van der Waals surface area contributed by atoms with E-state index in [9.17, 15) is 18.0 Å². The van der Waals surface area contributed by atoms with Crippen LogP contribution in [0.15, 0.2) is 0 Å². The van der Waals surface area contributed by atoms with Crippen molar-refractivity contribution in [1.82, 2.24) is 4.90 Å². The lowest BCUT2D eigenvalue weighted by Crippen LogP contribution is -2.42. The lowest BCUT2D eigenvalue weighted by atomic mass is 10.1. The fourth-order valence-electron chi connectivity index (χ4n) is 2.94. The summed E-state index contributed by atoms with van der Waals surface area (Å²) in [6, 6.07) is 0. The Bertz CT molecular complexity index is 536. The molecule has 2 heterocycles. The standard InChI is InChI=1S/C15H25NO6S/c1-11(2)21-15(18)16-6-3-13(4-7-16)22-14(17)9-12-5-8-23(19,20)10-12/h11-13H,3-10H2,1-2H3/t12-/m0/s1. The third-order valence-electron chi connectivity index (χ3n) is 4.12. The Balaban J connectivity index is 1.70. The zero-order chi connectivity index (χ0) is 17.0. The SMILES string of the molecule is CC(C)OC(=O)N1CCC(OC(=O)C[C@@H]2CCS(=O)(=O)C2)CC1. The van der Waals surface area contributed by atoms with Gasteiger partial charge in [-0.15, -0.1) is 0 Å². The van der Waals surface area contributed by atoms with Gasteiger partial charge in [-0.1, -0.05) is 0 Å². The molecule has 2 aliphatic rings. The fraction of sp³-hybridized carbons (Fsp3) is 0.867. The van der Waals surface area contributed by atoms with E-state index in [2.05, 4.69) is 0 Å². The van der Waals surface area contributed by atoms with E-state index < -0.39 is 9.84 Å². The fourth-order valence-corrected chi connectivity index (χ4v) is 4.80. The molecule has 1 atom stereocenters. The third kappa shape index (κ3) is 5.67. The Labute approximate surface area is 137 Å². The summed E-state index contributed by atoms with van der Waals surface area (Å²) in [4.78, 5) is 25.3. The number of amides is 1. The van der Waals surface area contributed by atoms with Crippen molar-refractivity contribution in [3.8, 4) is 0 Å². The minimum absolute atomic E-state index is 0.0849. The monoisotopic (exact) mass is 347 g/mol. The molecular weight excluding hydrogens is 322 g/mol. The Kier molecular flexibility index (Phi) is 5.89. The van der Waals surface area contributed by atoms with Crippen LogP contribution in [0.3, 0.4) is 0 Å². The Morgan fingerprint density at radius 3 is 2.35 bits per heavy atom. The van der Waals surface area contributed by atoms with Gasteiger partial charge in [-0.05, 0) is 26.2 Å². The van der Waals surface area contributed by atoms with E-state index in [0.29, 0.717) is 32.4 Å². The third-order valence-corrected chi connectivity index (χ3v) is 5.95. The van der Waals surface area contributed by atoms with Gasteiger partial charge in [0.1, 0.15) is 6.10 Å². The molecule has 0 unspecified atom stereocenters. The molecule has 8 heteroatoms. The van der Waals surface area contributed by atoms with E-state index in [1.807, 2.05) is 0 Å². The average Bonchev–Trinajstić information content (AvgIpc) is 2.77. The maximum atomic E-state index is 11.9. The van der Waals surface area contributed by atoms with Crippen molar-refractivity contribution in [3.05, 3.63) is 0 Å². The van der Waals surface area contributed by atoms with Gasteiger partial charge in [0.05, 0.1) is 17.6 Å². The van der Waals surface area contributed by atoms with E-state index in [1.54, 1.807) is 18.7 Å². The molecule has 2 rings (SSSR count). The van der Waals surface area contributed by atoms with Gasteiger partial charge in [-0.25, -0.2) is 13.2 Å². The molecular formula is C15H25NO6S. The summed E-state index contributed by atoms with van der Waals surface area (Å²) in [5, 5.41) is 0. The summed E-state index contributed by atoms with van der Waals surface area (Å²) in [5.41, 5.74) is 0. The van der Waals surface area contributed by atoms with Crippen LogP contribution in [0, 0.1) is 5.92 Å². The average molecular weight is 347 g/mol. The summed E-state index contributed by atoms with van der Waals surface area (Å²) in [6.45, 7) is 4.61. The summed E-state index contributed by atoms with van der Waals surface area (Å²) in [7, 11) is -2.97. The number of carbonyl (C=O) groups is 2. The van der Waals surface area contributed by atoms with Crippen molar-refractivity contribution in [2.45, 2.75) is 51.7 Å². The van der Waals surface area contributed by atoms with Crippen LogP contribution in [0.4, 0.5) is 4.79 Å². The minimum atomic E-state index is -2.97. The molecule has 0 aromatic rings. The second-order valence-corrected chi connectivity index (χ2v) is 8.81. The summed E-state index contributed by atoms with van der Waals surface area (Å²) in [6.07, 6.45) is 1.18. The number of rotatable bonds is 4. The van der Waals surface area contributed by atoms with Crippen molar-refractivity contribution in [1.29, 1.82) is 0 Å². The number of likely N-dealkylation sites (tertiary alicyclic amines) is 1. The highest BCUT2D eigenvalue weighted by Crippen LogP contribution is 2.23. The van der Waals surface area contributed by atoms with E-state index in [1.165, 1.54) is 0 Å². The lowest BCUT2D eigenvalue weighted by Gasteiger charge is -2.31. The van der Waals surface area contributed by atoms with Crippen LogP contribution in [0.25, 0.3) is 0 Å². The van der Waals surface area contributed by atoms with Crippen molar-refractivity contribution in [2.24, 2.45) is 5.92 Å². The maximum absolute atomic E-state index is 11.9. The first kappa shape index (κ1) is 18.0. The van der Waals surface area contributed by atoms with Gasteiger partial charge in [0.25, 0.3) is 0 Å². The molecule has 2 saturated heterocycles. The first-order valence-corrected chi connectivity index (χ1v) is 9.93. The highest BCUT2D eigenvalue weighted by Gasteiger charge is 2.31. The topological polar surface area (TPSA) is 90.0 Å². The van der Waals surface area contributed by atoms with Crippen LogP contribution >= 0.6 is 0 Å². The smallest absolute Gasteiger partial charge is 0.410 e. The molecule has 23 heavy (non-hydrogen) atoms. The predicted octanol–water partition coefficient (Wildman–Crippen LogP) is 1.36. The number of carbonyl (C=O) groups excluding carboxylic acids is 2. The zero-order valence-electron chi connectivity index (χ0n) is 13.7. The first-order chi connectivity index (χ1) is 10.7. The van der Waals surface area contributed by atoms with E-state index in [0.717, 1.165) is 0 Å². The van der Waals surface area contributed by atoms with Crippen LogP contribution in [0.1, 0.15) is 39.5 Å². The molecule has 0 aromatic heterocycles. The van der Waals surface area contributed by atoms with Gasteiger partial charge in [0.2, 0.25) is 0 Å². The van der Waals surface area contributed by atoms with Gasteiger partial charge in [0.15, 0.2) is 9.84 Å². The van der Waals surface area contributed by atoms with E-state index in [4.69, 9.17) is 9.47 Å². The van der Waals surface area contributed by atoms with Crippen LogP contribution in [-0.4, -0.2) is 62.2 Å². The molecule has 7 nitrogen and oxygen atoms in total. The molecule has 1 amide bonds. The van der Waals surface area contributed by atoms with Crippen LogP contribution in [0.2, 0.25) is 0 Å². The molecule has 2 fully saturated rings. The number of piperidine rings is 1. The first-order valence-electron chi connectivity index (χ1n) is 8.10. The second kappa shape index (κ2) is 7.51. The predicted molar refractivity (Wildman–Crippen MR) is 83.7 cm³/mol. The van der Waals surface area contributed by atoms with Crippen molar-refractivity contribution >= 4 is 21.9 Å². The molecule has 0 aliphatic carbocycles. The molecule has 0 radical (unpaired) electrons. The number of hydrogen-bond acceptors (Lipinski definition) is 6. The molecule has 2 aliphatic heterocycles. The number of esters is 1. The van der Waals surface area contributed by atoms with Gasteiger partial charge < -0.3 is 14.4 Å². The highest BCUT2D eigenvalue weighted by molar-refractivity contribution is 7.91. The van der Waals surface area contributed by atoms with Crippen LogP contribution in [0.5, 0.6) is 0 Å². The van der Waals surface area contributed by atoms with E-state index in [-0.39, 0.29) is 48.1 Å². The van der Waals surface area contributed by atoms with Crippen LogP contribution < -0.4 is 0 Å². The van der Waals surface area contributed by atoms with Gasteiger partial charge in [-0.3, -0.25) is 4.79 Å². The van der Waals surface area contributed by atoms with Gasteiger partial charge in [0, 0.05) is 32.4 Å². The lowest BCUT2D eigenvalue weighted by molar-refractivity contribution is -0.151. The van der Waals surface area contributed by atoms with E-state index >= 15 is 0 Å². The van der Waals surface area contributed by atoms with Crippen molar-refractivity contribution in [3.63, 3.8) is 0 Å². The number of hydrogen-bond donors (Lipinski definition) is 0. The molecule has 0 saturated carbocycles. The molecule has 0 N–H and O–H groups in total. The Morgan fingerprint density at radius 2 is 1.83 bits per heavy atom. The number of sulfone groups is 1. The zero-order valence-corrected chi connectivity index (χ0v) is 14.5. The molecule has 0 bridgehead atoms. The maximum Gasteiger partial charge on any atom is 0.410 e. The Morgan fingerprint density at radius 1 is 1.17 bits per heavy atom. The number of ether oxygens (including phenoxy) is 2. The molecule has 0 aromatic carbocycles. The normalized spacial score (nSPS) is 24.7. The summed E-state index contributed by atoms with van der Waals surface area (Å²) < 4.78 is 33.3. The summed E-state index contributed by atoms with van der Waals surface area (Å²) in [5.74, 6) is -0.202. The largest absolute Gasteiger partial charge is 0.462 e. The van der Waals surface area contributed by atoms with Crippen LogP contribution in [-0.2, 0) is 24.1 Å². The van der Waals surface area contributed by atoms with Gasteiger partial charge >= 0.3 is 12.1 Å². The molecule has 132 valence electrons. The van der Waals surface area contributed by atoms with Crippen molar-refractivity contribution < 1.29 is 27.5 Å². The minimum Gasteiger partial charge on any atom is -0.462 e. The second-order valence-electron chi connectivity index (χ2n) is 6.58. The number of nitrogens with zero attached hydrogens (tertiary/aromatic N) is 1. The summed E-state index contributed by atoms with van der Waals surface area (Å²) >= 11 is 0. The highest BCUT2D eigenvalue weighted by atomic mass is 32.2. The Hall–Kier alpha value is -1.31. The van der Waals surface area contributed by atoms with Crippen molar-refractivity contribution in [2.75, 3.05) is 24.6 Å². The van der Waals surface area contributed by atoms with Gasteiger partial charge in [-0.2, -0.15) is 0 Å².